The molecule has 0 spiro atoms. The molecule has 3 aromatic heterocycles. The standard InChI is InChI=1S/C30H33N5O4S/c1-19-8-9-22(12-29(19)40(4,37)38)30(36)32-15-25-13-28-23(14-31-25)10-11-27(34-28)26-7-5-6-24(33-26)18-35-16-20(2)39-21(3)17-35/h5-14,20-21H,15-18H2,1-4H3,(H,32,36)/t20-,21+. The molecule has 1 amide bonds. The summed E-state index contributed by atoms with van der Waals surface area (Å²) in [5.41, 5.74) is 4.79. The number of morpholine rings is 1. The molecule has 1 N–H and O–H groups in total. The van der Waals surface area contributed by atoms with E-state index in [4.69, 9.17) is 14.7 Å². The van der Waals surface area contributed by atoms with Crippen LogP contribution in [0.5, 0.6) is 0 Å². The Bertz CT molecular complexity index is 1660. The number of sulfone groups is 1. The fraction of sp³-hybridized carbons (Fsp3) is 0.333. The van der Waals surface area contributed by atoms with E-state index in [0.717, 1.165) is 53.9 Å². The van der Waals surface area contributed by atoms with E-state index in [-0.39, 0.29) is 35.1 Å². The second-order valence-electron chi connectivity index (χ2n) is 10.5. The summed E-state index contributed by atoms with van der Waals surface area (Å²) in [6, 6.07) is 16.4. The number of rotatable bonds is 7. The monoisotopic (exact) mass is 559 g/mol. The van der Waals surface area contributed by atoms with E-state index in [1.807, 2.05) is 36.4 Å². The first-order chi connectivity index (χ1) is 19.0. The zero-order valence-corrected chi connectivity index (χ0v) is 23.9. The van der Waals surface area contributed by atoms with E-state index in [1.165, 1.54) is 6.07 Å². The number of carbonyl (C=O) groups is 1. The highest BCUT2D eigenvalue weighted by atomic mass is 32.2. The Labute approximate surface area is 234 Å². The maximum Gasteiger partial charge on any atom is 0.251 e. The molecule has 0 radical (unpaired) electrons. The first kappa shape index (κ1) is 27.8. The van der Waals surface area contributed by atoms with Crippen molar-refractivity contribution in [2.45, 2.75) is 51.0 Å². The summed E-state index contributed by atoms with van der Waals surface area (Å²) in [7, 11) is -3.44. The van der Waals surface area contributed by atoms with Gasteiger partial charge in [-0.05, 0) is 68.8 Å². The van der Waals surface area contributed by atoms with Crippen LogP contribution in [-0.2, 0) is 27.7 Å². The van der Waals surface area contributed by atoms with Gasteiger partial charge in [0, 0.05) is 43.0 Å². The van der Waals surface area contributed by atoms with Crippen molar-refractivity contribution in [1.82, 2.24) is 25.2 Å². The summed E-state index contributed by atoms with van der Waals surface area (Å²) in [6.07, 6.45) is 3.26. The SMILES string of the molecule is Cc1ccc(C(=O)NCc2cc3nc(-c4cccc(CN5C[C@@H](C)O[C@@H](C)C5)n4)ccc3cn2)cc1S(C)(=O)=O. The van der Waals surface area contributed by atoms with Crippen LogP contribution < -0.4 is 5.32 Å². The lowest BCUT2D eigenvalue weighted by Gasteiger charge is -2.35. The van der Waals surface area contributed by atoms with Crippen LogP contribution >= 0.6 is 0 Å². The van der Waals surface area contributed by atoms with Gasteiger partial charge in [-0.1, -0.05) is 12.1 Å². The van der Waals surface area contributed by atoms with Gasteiger partial charge in [0.1, 0.15) is 0 Å². The Hall–Kier alpha value is -3.73. The number of benzene rings is 1. The van der Waals surface area contributed by atoms with Gasteiger partial charge in [0.05, 0.1) is 51.9 Å². The summed E-state index contributed by atoms with van der Waals surface area (Å²) >= 11 is 0. The number of pyridine rings is 3. The predicted octanol–water partition coefficient (Wildman–Crippen LogP) is 3.94. The zero-order valence-electron chi connectivity index (χ0n) is 23.1. The molecular weight excluding hydrogens is 526 g/mol. The maximum absolute atomic E-state index is 12.8. The van der Waals surface area contributed by atoms with Gasteiger partial charge >= 0.3 is 0 Å². The third kappa shape index (κ3) is 6.52. The van der Waals surface area contributed by atoms with Crippen LogP contribution in [0.1, 0.15) is 41.2 Å². The number of amides is 1. The molecule has 208 valence electrons. The third-order valence-electron chi connectivity index (χ3n) is 6.86. The van der Waals surface area contributed by atoms with Gasteiger partial charge in [-0.25, -0.2) is 18.4 Å². The molecule has 1 aromatic carbocycles. The third-order valence-corrected chi connectivity index (χ3v) is 8.10. The fourth-order valence-electron chi connectivity index (χ4n) is 5.06. The molecule has 40 heavy (non-hydrogen) atoms. The Morgan fingerprint density at radius 1 is 1.00 bits per heavy atom. The molecule has 4 aromatic rings. The number of aryl methyl sites for hydroxylation is 1. The van der Waals surface area contributed by atoms with Crippen molar-refractivity contribution in [3.63, 3.8) is 0 Å². The molecule has 2 atom stereocenters. The Kier molecular flexibility index (Phi) is 7.93. The number of carbonyl (C=O) groups excluding carboxylic acids is 1. The molecule has 5 rings (SSSR count). The second kappa shape index (κ2) is 11.4. The van der Waals surface area contributed by atoms with Crippen molar-refractivity contribution >= 4 is 26.6 Å². The van der Waals surface area contributed by atoms with Crippen LogP contribution in [0.25, 0.3) is 22.3 Å². The number of nitrogens with zero attached hydrogens (tertiary/aromatic N) is 4. The summed E-state index contributed by atoms with van der Waals surface area (Å²) < 4.78 is 29.9. The fourth-order valence-corrected chi connectivity index (χ4v) is 6.06. The Morgan fingerprint density at radius 3 is 2.50 bits per heavy atom. The minimum Gasteiger partial charge on any atom is -0.373 e. The summed E-state index contributed by atoms with van der Waals surface area (Å²) in [4.78, 5) is 29.4. The number of hydrogen-bond acceptors (Lipinski definition) is 8. The molecule has 0 aliphatic carbocycles. The minimum atomic E-state index is -3.44. The molecule has 1 aliphatic heterocycles. The minimum absolute atomic E-state index is 0.146. The first-order valence-electron chi connectivity index (χ1n) is 13.2. The van der Waals surface area contributed by atoms with Crippen LogP contribution in [0.4, 0.5) is 0 Å². The largest absolute Gasteiger partial charge is 0.373 e. The average molecular weight is 560 g/mol. The van der Waals surface area contributed by atoms with E-state index < -0.39 is 9.84 Å². The van der Waals surface area contributed by atoms with Gasteiger partial charge in [0.25, 0.3) is 5.91 Å². The van der Waals surface area contributed by atoms with Gasteiger partial charge in [-0.2, -0.15) is 0 Å². The summed E-state index contributed by atoms with van der Waals surface area (Å²) in [5.74, 6) is -0.376. The number of ether oxygens (including phenoxy) is 1. The highest BCUT2D eigenvalue weighted by Crippen LogP contribution is 2.22. The van der Waals surface area contributed by atoms with Gasteiger partial charge in [-0.3, -0.25) is 14.7 Å². The van der Waals surface area contributed by atoms with Crippen LogP contribution in [0.2, 0.25) is 0 Å². The number of fused-ring (bicyclic) bond motifs is 1. The molecule has 1 aliphatic rings. The topological polar surface area (TPSA) is 114 Å². The zero-order chi connectivity index (χ0) is 28.4. The lowest BCUT2D eigenvalue weighted by Crippen LogP contribution is -2.44. The van der Waals surface area contributed by atoms with Crippen molar-refractivity contribution in [3.05, 3.63) is 83.3 Å². The van der Waals surface area contributed by atoms with Gasteiger partial charge < -0.3 is 10.1 Å². The van der Waals surface area contributed by atoms with Gasteiger partial charge in [0.2, 0.25) is 0 Å². The molecular formula is C30H33N5O4S. The average Bonchev–Trinajstić information content (AvgIpc) is 2.90. The Morgan fingerprint density at radius 2 is 1.75 bits per heavy atom. The van der Waals surface area contributed by atoms with Crippen molar-refractivity contribution in [2.75, 3.05) is 19.3 Å². The molecule has 1 fully saturated rings. The second-order valence-corrected chi connectivity index (χ2v) is 12.4. The molecule has 10 heteroatoms. The molecule has 1 saturated heterocycles. The lowest BCUT2D eigenvalue weighted by molar-refractivity contribution is -0.0707. The number of aromatic nitrogens is 3. The van der Waals surface area contributed by atoms with Crippen molar-refractivity contribution < 1.29 is 17.9 Å². The van der Waals surface area contributed by atoms with Crippen LogP contribution in [0.3, 0.4) is 0 Å². The van der Waals surface area contributed by atoms with E-state index in [2.05, 4.69) is 29.0 Å². The molecule has 0 unspecified atom stereocenters. The van der Waals surface area contributed by atoms with Crippen molar-refractivity contribution in [1.29, 1.82) is 0 Å². The molecule has 4 heterocycles. The van der Waals surface area contributed by atoms with Crippen molar-refractivity contribution in [2.24, 2.45) is 0 Å². The van der Waals surface area contributed by atoms with E-state index in [1.54, 1.807) is 25.3 Å². The van der Waals surface area contributed by atoms with E-state index >= 15 is 0 Å². The quantitative estimate of drug-likeness (QED) is 0.362. The van der Waals surface area contributed by atoms with Crippen LogP contribution in [-0.4, -0.2) is 65.7 Å². The Balaban J connectivity index is 1.31. The van der Waals surface area contributed by atoms with Crippen LogP contribution in [0, 0.1) is 6.92 Å². The normalized spacial score (nSPS) is 18.1. The van der Waals surface area contributed by atoms with Gasteiger partial charge in [-0.15, -0.1) is 0 Å². The highest BCUT2D eigenvalue weighted by molar-refractivity contribution is 7.90. The lowest BCUT2D eigenvalue weighted by atomic mass is 10.1. The predicted molar refractivity (Wildman–Crippen MR) is 154 cm³/mol. The molecule has 9 nitrogen and oxygen atoms in total. The highest BCUT2D eigenvalue weighted by Gasteiger charge is 2.22. The van der Waals surface area contributed by atoms with Crippen LogP contribution in [0.15, 0.2) is 65.7 Å². The molecule has 0 bridgehead atoms. The smallest absolute Gasteiger partial charge is 0.251 e. The van der Waals surface area contributed by atoms with Crippen molar-refractivity contribution in [3.8, 4) is 11.4 Å². The maximum atomic E-state index is 12.8. The number of hydrogen-bond donors (Lipinski definition) is 1. The van der Waals surface area contributed by atoms with E-state index in [9.17, 15) is 13.2 Å². The number of nitrogens with one attached hydrogen (secondary N) is 1. The summed E-state index contributed by atoms with van der Waals surface area (Å²) in [5, 5.41) is 3.70. The van der Waals surface area contributed by atoms with Gasteiger partial charge in [0.15, 0.2) is 9.84 Å². The molecule has 0 saturated carbocycles. The van der Waals surface area contributed by atoms with E-state index in [0.29, 0.717) is 11.3 Å². The summed E-state index contributed by atoms with van der Waals surface area (Å²) in [6.45, 7) is 8.57. The first-order valence-corrected chi connectivity index (χ1v) is 15.1.